The molecule has 1 amide bonds. The molecule has 0 spiro atoms. The predicted octanol–water partition coefficient (Wildman–Crippen LogP) is 5.11. The number of benzene rings is 2. The van der Waals surface area contributed by atoms with Gasteiger partial charge in [-0.15, -0.1) is 0 Å². The minimum atomic E-state index is -0.197. The van der Waals surface area contributed by atoms with Gasteiger partial charge in [0.2, 0.25) is 5.91 Å². The van der Waals surface area contributed by atoms with Crippen molar-refractivity contribution in [2.75, 3.05) is 23.3 Å². The van der Waals surface area contributed by atoms with Crippen molar-refractivity contribution < 1.29 is 4.79 Å². The molecule has 0 atom stereocenters. The fourth-order valence-electron chi connectivity index (χ4n) is 2.04. The highest BCUT2D eigenvalue weighted by Crippen LogP contribution is 2.33. The zero-order valence-corrected chi connectivity index (χ0v) is 14.2. The number of carbonyl (C=O) groups is 1. The van der Waals surface area contributed by atoms with Gasteiger partial charge in [-0.2, -0.15) is 0 Å². The lowest BCUT2D eigenvalue weighted by atomic mass is 10.2. The molecule has 0 aliphatic heterocycles. The number of halogens is 3. The van der Waals surface area contributed by atoms with Crippen molar-refractivity contribution in [1.29, 1.82) is 0 Å². The summed E-state index contributed by atoms with van der Waals surface area (Å²) in [6, 6.07) is 12.8. The minimum absolute atomic E-state index is 0.197. The zero-order chi connectivity index (χ0) is 16.1. The largest absolute Gasteiger partial charge is 0.362 e. The van der Waals surface area contributed by atoms with Gasteiger partial charge in [-0.1, -0.05) is 53.0 Å². The van der Waals surface area contributed by atoms with E-state index < -0.39 is 0 Å². The molecular formula is C16H15Cl3N2O. The molecule has 22 heavy (non-hydrogen) atoms. The highest BCUT2D eigenvalue weighted by atomic mass is 35.5. The maximum absolute atomic E-state index is 12.2. The molecule has 0 saturated carbocycles. The summed E-state index contributed by atoms with van der Waals surface area (Å²) in [4.78, 5) is 14.2. The molecule has 0 bridgehead atoms. The Morgan fingerprint density at radius 2 is 1.68 bits per heavy atom. The monoisotopic (exact) mass is 356 g/mol. The zero-order valence-electron chi connectivity index (χ0n) is 11.9. The minimum Gasteiger partial charge on any atom is -0.362 e. The predicted molar refractivity (Wildman–Crippen MR) is 94.4 cm³/mol. The van der Waals surface area contributed by atoms with Gasteiger partial charge >= 0.3 is 0 Å². The third-order valence-electron chi connectivity index (χ3n) is 3.11. The Labute approximate surface area is 144 Å². The van der Waals surface area contributed by atoms with Crippen LogP contribution < -0.4 is 10.2 Å². The van der Waals surface area contributed by atoms with E-state index in [0.717, 1.165) is 5.69 Å². The second kappa shape index (κ2) is 7.73. The van der Waals surface area contributed by atoms with Gasteiger partial charge in [0.1, 0.15) is 0 Å². The Hall–Kier alpha value is -1.42. The number of anilines is 2. The van der Waals surface area contributed by atoms with E-state index in [2.05, 4.69) is 5.32 Å². The van der Waals surface area contributed by atoms with Crippen molar-refractivity contribution in [3.63, 3.8) is 0 Å². The Bertz CT molecular complexity index is 639. The number of nitrogens with one attached hydrogen (secondary N) is 1. The molecule has 3 nitrogen and oxygen atoms in total. The molecular weight excluding hydrogens is 343 g/mol. The quantitative estimate of drug-likeness (QED) is 0.806. The number of amides is 1. The van der Waals surface area contributed by atoms with Crippen molar-refractivity contribution in [2.24, 2.45) is 0 Å². The molecule has 116 valence electrons. The number of rotatable bonds is 5. The van der Waals surface area contributed by atoms with Crippen LogP contribution in [-0.4, -0.2) is 19.0 Å². The lowest BCUT2D eigenvalue weighted by Crippen LogP contribution is -2.33. The molecule has 2 aromatic carbocycles. The summed E-state index contributed by atoms with van der Waals surface area (Å²) >= 11 is 18.0. The van der Waals surface area contributed by atoms with Crippen LogP contribution in [0.15, 0.2) is 42.5 Å². The Morgan fingerprint density at radius 3 is 2.23 bits per heavy atom. The van der Waals surface area contributed by atoms with Crippen LogP contribution in [-0.2, 0) is 4.79 Å². The summed E-state index contributed by atoms with van der Waals surface area (Å²) in [6.45, 7) is 2.90. The summed E-state index contributed by atoms with van der Waals surface area (Å²) in [5, 5.41) is 3.79. The summed E-state index contributed by atoms with van der Waals surface area (Å²) < 4.78 is 0. The lowest BCUT2D eigenvalue weighted by molar-refractivity contribution is -0.115. The van der Waals surface area contributed by atoms with E-state index in [9.17, 15) is 4.79 Å². The van der Waals surface area contributed by atoms with Gasteiger partial charge in [0.15, 0.2) is 0 Å². The molecule has 2 aromatic rings. The van der Waals surface area contributed by atoms with Crippen LogP contribution in [0.3, 0.4) is 0 Å². The van der Waals surface area contributed by atoms with Crippen LogP contribution in [0.25, 0.3) is 0 Å². The first kappa shape index (κ1) is 16.9. The van der Waals surface area contributed by atoms with Crippen LogP contribution in [0.2, 0.25) is 15.1 Å². The second-order valence-corrected chi connectivity index (χ2v) is 5.89. The maximum Gasteiger partial charge on any atom is 0.243 e. The third-order valence-corrected chi connectivity index (χ3v) is 3.92. The Balaban J connectivity index is 2.10. The highest BCUT2D eigenvalue weighted by molar-refractivity contribution is 6.42. The molecule has 6 heteroatoms. The smallest absolute Gasteiger partial charge is 0.243 e. The normalized spacial score (nSPS) is 10.4. The summed E-state index contributed by atoms with van der Waals surface area (Å²) in [7, 11) is 0. The second-order valence-electron chi connectivity index (χ2n) is 4.64. The van der Waals surface area contributed by atoms with E-state index >= 15 is 0 Å². The fraction of sp³-hybridized carbons (Fsp3) is 0.188. The SMILES string of the molecule is CCN(CC(=O)Nc1c(Cl)cc(Cl)cc1Cl)c1ccccc1. The Kier molecular flexibility index (Phi) is 5.95. The van der Waals surface area contributed by atoms with Gasteiger partial charge in [-0.25, -0.2) is 0 Å². The van der Waals surface area contributed by atoms with Gasteiger partial charge in [-0.05, 0) is 31.2 Å². The van der Waals surface area contributed by atoms with Crippen molar-refractivity contribution in [3.05, 3.63) is 57.5 Å². The molecule has 2 rings (SSSR count). The maximum atomic E-state index is 12.2. The van der Waals surface area contributed by atoms with Gasteiger partial charge < -0.3 is 10.2 Å². The van der Waals surface area contributed by atoms with Crippen molar-refractivity contribution in [3.8, 4) is 0 Å². The van der Waals surface area contributed by atoms with Crippen LogP contribution >= 0.6 is 34.8 Å². The van der Waals surface area contributed by atoms with Crippen LogP contribution in [0.5, 0.6) is 0 Å². The number of para-hydroxylation sites is 1. The van der Waals surface area contributed by atoms with Crippen molar-refractivity contribution in [1.82, 2.24) is 0 Å². The number of hydrogen-bond donors (Lipinski definition) is 1. The molecule has 0 unspecified atom stereocenters. The average Bonchev–Trinajstić information content (AvgIpc) is 2.49. The standard InChI is InChI=1S/C16H15Cl3N2O/c1-2-21(12-6-4-3-5-7-12)10-15(22)20-16-13(18)8-11(17)9-14(16)19/h3-9H,2,10H2,1H3,(H,20,22). The van der Waals surface area contributed by atoms with Crippen LogP contribution in [0, 0.1) is 0 Å². The first-order chi connectivity index (χ1) is 10.5. The molecule has 1 N–H and O–H groups in total. The first-order valence-electron chi connectivity index (χ1n) is 6.75. The molecule has 0 heterocycles. The van der Waals surface area contributed by atoms with Crippen molar-refractivity contribution >= 4 is 52.1 Å². The number of likely N-dealkylation sites (N-methyl/N-ethyl adjacent to an activating group) is 1. The lowest BCUT2D eigenvalue weighted by Gasteiger charge is -2.22. The van der Waals surface area contributed by atoms with Gasteiger partial charge in [0.25, 0.3) is 0 Å². The number of hydrogen-bond acceptors (Lipinski definition) is 2. The van der Waals surface area contributed by atoms with E-state index in [4.69, 9.17) is 34.8 Å². The molecule has 0 fully saturated rings. The average molecular weight is 358 g/mol. The van der Waals surface area contributed by atoms with Gasteiger partial charge in [-0.3, -0.25) is 4.79 Å². The summed E-state index contributed by atoms with van der Waals surface area (Å²) in [6.07, 6.45) is 0. The van der Waals surface area contributed by atoms with E-state index in [1.807, 2.05) is 42.2 Å². The summed E-state index contributed by atoms with van der Waals surface area (Å²) in [5.74, 6) is -0.197. The molecule has 0 aliphatic carbocycles. The molecule has 0 aliphatic rings. The number of carbonyl (C=O) groups excluding carboxylic acids is 1. The number of nitrogens with zero attached hydrogens (tertiary/aromatic N) is 1. The topological polar surface area (TPSA) is 32.3 Å². The van der Waals surface area contributed by atoms with Crippen molar-refractivity contribution in [2.45, 2.75) is 6.92 Å². The van der Waals surface area contributed by atoms with Gasteiger partial charge in [0.05, 0.1) is 22.3 Å². The van der Waals surface area contributed by atoms with Crippen LogP contribution in [0.1, 0.15) is 6.92 Å². The van der Waals surface area contributed by atoms with Gasteiger partial charge in [0, 0.05) is 17.3 Å². The molecule has 0 saturated heterocycles. The molecule has 0 radical (unpaired) electrons. The van der Waals surface area contributed by atoms with E-state index in [-0.39, 0.29) is 12.5 Å². The molecule has 0 aromatic heterocycles. The van der Waals surface area contributed by atoms with E-state index in [1.165, 1.54) is 0 Å². The van der Waals surface area contributed by atoms with Crippen LogP contribution in [0.4, 0.5) is 11.4 Å². The van der Waals surface area contributed by atoms with E-state index in [1.54, 1.807) is 12.1 Å². The third kappa shape index (κ3) is 4.29. The fourth-order valence-corrected chi connectivity index (χ4v) is 2.95. The first-order valence-corrected chi connectivity index (χ1v) is 7.89. The highest BCUT2D eigenvalue weighted by Gasteiger charge is 2.14. The Morgan fingerprint density at radius 1 is 1.09 bits per heavy atom. The van der Waals surface area contributed by atoms with E-state index in [0.29, 0.717) is 27.3 Å². The summed E-state index contributed by atoms with van der Waals surface area (Å²) in [5.41, 5.74) is 1.36.